The highest BCUT2D eigenvalue weighted by atomic mass is 32.2. The highest BCUT2D eigenvalue weighted by Gasteiger charge is 2.25. The van der Waals surface area contributed by atoms with E-state index in [9.17, 15) is 18.8 Å². The zero-order chi connectivity index (χ0) is 24.7. The zero-order valence-electron chi connectivity index (χ0n) is 19.0. The molecule has 5 rings (SSSR count). The maximum atomic E-state index is 12.0. The molecule has 7 nitrogen and oxygen atoms in total. The predicted octanol–water partition coefficient (Wildman–Crippen LogP) is 5.04. The Balaban J connectivity index is 1.91. The summed E-state index contributed by atoms with van der Waals surface area (Å²) >= 11 is 0. The van der Waals surface area contributed by atoms with Gasteiger partial charge in [0.25, 0.3) is 0 Å². The van der Waals surface area contributed by atoms with Gasteiger partial charge in [0.05, 0.1) is 32.9 Å². The molecule has 2 heterocycles. The maximum Gasteiger partial charge on any atom is 0.175 e. The van der Waals surface area contributed by atoms with Crippen LogP contribution in [0.25, 0.3) is 39.1 Å². The molecule has 0 saturated heterocycles. The molecule has 1 N–H and O–H groups in total. The minimum Gasteiger partial charge on any atom is -0.507 e. The minimum atomic E-state index is -3.38. The van der Waals surface area contributed by atoms with E-state index in [0.717, 1.165) is 11.9 Å². The molecule has 0 spiro atoms. The molecule has 0 amide bonds. The molecule has 3 aromatic carbocycles. The number of sulfone groups is 1. The molecule has 0 fully saturated rings. The van der Waals surface area contributed by atoms with Gasteiger partial charge in [-0.25, -0.2) is 18.1 Å². The van der Waals surface area contributed by atoms with Crippen molar-refractivity contribution in [2.45, 2.75) is 11.8 Å². The number of nitrogens with zero attached hydrogens (tertiary/aromatic N) is 4. The van der Waals surface area contributed by atoms with Crippen molar-refractivity contribution >= 4 is 20.9 Å². The molecule has 0 bridgehead atoms. The molecule has 0 unspecified atom stereocenters. The predicted molar refractivity (Wildman–Crippen MR) is 134 cm³/mol. The third-order valence-corrected chi connectivity index (χ3v) is 6.96. The van der Waals surface area contributed by atoms with Gasteiger partial charge in [0.1, 0.15) is 11.8 Å². The van der Waals surface area contributed by atoms with Crippen LogP contribution < -0.4 is 0 Å². The molecule has 0 aliphatic heterocycles. The Morgan fingerprint density at radius 2 is 1.60 bits per heavy atom. The molecule has 0 saturated carbocycles. The second-order valence-electron chi connectivity index (χ2n) is 8.17. The lowest BCUT2D eigenvalue weighted by atomic mass is 9.93. The van der Waals surface area contributed by atoms with E-state index >= 15 is 0 Å². The Morgan fingerprint density at radius 3 is 2.23 bits per heavy atom. The van der Waals surface area contributed by atoms with Crippen LogP contribution in [-0.2, 0) is 9.84 Å². The quantitative estimate of drug-likeness (QED) is 0.386. The highest BCUT2D eigenvalue weighted by molar-refractivity contribution is 7.90. The van der Waals surface area contributed by atoms with Gasteiger partial charge < -0.3 is 5.11 Å². The average Bonchev–Trinajstić information content (AvgIpc) is 3.19. The van der Waals surface area contributed by atoms with Crippen molar-refractivity contribution in [2.75, 3.05) is 6.26 Å². The van der Waals surface area contributed by atoms with Crippen molar-refractivity contribution in [1.82, 2.24) is 14.8 Å². The van der Waals surface area contributed by atoms with E-state index in [1.165, 1.54) is 12.1 Å². The van der Waals surface area contributed by atoms with Crippen molar-refractivity contribution in [2.24, 2.45) is 0 Å². The van der Waals surface area contributed by atoms with Crippen LogP contribution in [0.1, 0.15) is 11.3 Å². The van der Waals surface area contributed by atoms with Gasteiger partial charge in [-0.05, 0) is 37.3 Å². The van der Waals surface area contributed by atoms with Crippen LogP contribution >= 0.6 is 0 Å². The second kappa shape index (κ2) is 8.38. The number of fused-ring (bicyclic) bond motifs is 1. The van der Waals surface area contributed by atoms with Gasteiger partial charge in [0, 0.05) is 22.9 Å². The summed E-state index contributed by atoms with van der Waals surface area (Å²) in [6.07, 6.45) is 1.14. The number of benzene rings is 3. The van der Waals surface area contributed by atoms with E-state index in [0.29, 0.717) is 39.1 Å². The van der Waals surface area contributed by atoms with Crippen molar-refractivity contribution < 1.29 is 13.5 Å². The fraction of sp³-hybridized carbons (Fsp3) is 0.0741. The third kappa shape index (κ3) is 3.82. The molecule has 8 heteroatoms. The lowest BCUT2D eigenvalue weighted by Crippen LogP contribution is -2.01. The van der Waals surface area contributed by atoms with E-state index in [4.69, 9.17) is 10.1 Å². The number of hydrogen-bond acceptors (Lipinski definition) is 6. The van der Waals surface area contributed by atoms with Crippen molar-refractivity contribution in [3.63, 3.8) is 0 Å². The van der Waals surface area contributed by atoms with Crippen LogP contribution in [-0.4, -0.2) is 34.5 Å². The summed E-state index contributed by atoms with van der Waals surface area (Å²) in [7, 11) is -3.38. The molecule has 5 aromatic rings. The summed E-state index contributed by atoms with van der Waals surface area (Å²) in [6.45, 7) is 1.84. The van der Waals surface area contributed by atoms with Gasteiger partial charge >= 0.3 is 0 Å². The summed E-state index contributed by atoms with van der Waals surface area (Å²) < 4.78 is 25.6. The maximum absolute atomic E-state index is 12.0. The van der Waals surface area contributed by atoms with E-state index < -0.39 is 9.84 Å². The standard InChI is InChI=1S/C27H20N4O3S/c1-17-24-25(21-10-6-7-11-23(21)32)22(16-28)26(18-12-14-20(15-13-18)35(2,33)34)29-27(24)31(30-17)19-8-4-3-5-9-19/h3-15,32H,1-2H3. The first-order valence-electron chi connectivity index (χ1n) is 10.8. The summed E-state index contributed by atoms with van der Waals surface area (Å²) in [4.78, 5) is 5.04. The van der Waals surface area contributed by atoms with Gasteiger partial charge in [-0.2, -0.15) is 10.4 Å². The molecular formula is C27H20N4O3S. The summed E-state index contributed by atoms with van der Waals surface area (Å²) in [5.41, 5.74) is 4.20. The second-order valence-corrected chi connectivity index (χ2v) is 10.2. The van der Waals surface area contributed by atoms with Crippen LogP contribution in [0, 0.1) is 18.3 Å². The number of aromatic nitrogens is 3. The largest absolute Gasteiger partial charge is 0.507 e. The molecular weight excluding hydrogens is 460 g/mol. The number of phenolic OH excluding ortho intramolecular Hbond substituents is 1. The van der Waals surface area contributed by atoms with Crippen LogP contribution in [0.2, 0.25) is 0 Å². The van der Waals surface area contributed by atoms with Crippen molar-refractivity contribution in [1.29, 1.82) is 5.26 Å². The topological polar surface area (TPSA) is 109 Å². The first kappa shape index (κ1) is 22.3. The molecule has 0 radical (unpaired) electrons. The van der Waals surface area contributed by atoms with Crippen molar-refractivity contribution in [3.05, 3.63) is 90.1 Å². The fourth-order valence-corrected chi connectivity index (χ4v) is 4.83. The van der Waals surface area contributed by atoms with Crippen LogP contribution in [0.15, 0.2) is 83.8 Å². The van der Waals surface area contributed by atoms with Gasteiger partial charge in [-0.1, -0.05) is 48.5 Å². The minimum absolute atomic E-state index is 0.0294. The monoisotopic (exact) mass is 480 g/mol. The van der Waals surface area contributed by atoms with E-state index in [-0.39, 0.29) is 16.2 Å². The molecule has 0 aliphatic rings. The van der Waals surface area contributed by atoms with Gasteiger partial charge in [0.15, 0.2) is 15.5 Å². The lowest BCUT2D eigenvalue weighted by molar-refractivity contribution is 0.477. The molecule has 2 aromatic heterocycles. The number of rotatable bonds is 4. The molecule has 35 heavy (non-hydrogen) atoms. The number of para-hydroxylation sites is 2. The number of aryl methyl sites for hydroxylation is 1. The molecule has 0 atom stereocenters. The van der Waals surface area contributed by atoms with E-state index in [1.807, 2.05) is 37.3 Å². The smallest absolute Gasteiger partial charge is 0.175 e. The molecule has 0 aliphatic carbocycles. The van der Waals surface area contributed by atoms with Crippen LogP contribution in [0.4, 0.5) is 0 Å². The number of pyridine rings is 1. The van der Waals surface area contributed by atoms with Crippen LogP contribution in [0.3, 0.4) is 0 Å². The number of aromatic hydroxyl groups is 1. The normalized spacial score (nSPS) is 11.5. The van der Waals surface area contributed by atoms with Gasteiger partial charge in [0.2, 0.25) is 0 Å². The van der Waals surface area contributed by atoms with E-state index in [2.05, 4.69) is 6.07 Å². The number of phenols is 1. The highest BCUT2D eigenvalue weighted by Crippen LogP contribution is 2.41. The Labute approximate surface area is 202 Å². The van der Waals surface area contributed by atoms with Gasteiger partial charge in [-0.3, -0.25) is 0 Å². The number of hydrogen-bond donors (Lipinski definition) is 1. The Kier molecular flexibility index (Phi) is 5.35. The van der Waals surface area contributed by atoms with Crippen molar-refractivity contribution in [3.8, 4) is 39.9 Å². The summed E-state index contributed by atoms with van der Waals surface area (Å²) in [6, 6.07) is 24.9. The molecule has 172 valence electrons. The number of nitriles is 1. The summed E-state index contributed by atoms with van der Waals surface area (Å²) in [5, 5.41) is 26.4. The lowest BCUT2D eigenvalue weighted by Gasteiger charge is -2.14. The van der Waals surface area contributed by atoms with Gasteiger partial charge in [-0.15, -0.1) is 0 Å². The Bertz CT molecular complexity index is 1730. The third-order valence-electron chi connectivity index (χ3n) is 5.83. The zero-order valence-corrected chi connectivity index (χ0v) is 19.8. The Morgan fingerprint density at radius 1 is 0.943 bits per heavy atom. The van der Waals surface area contributed by atoms with Crippen LogP contribution in [0.5, 0.6) is 5.75 Å². The SMILES string of the molecule is Cc1nn(-c2ccccc2)c2nc(-c3ccc(S(C)(=O)=O)cc3)c(C#N)c(-c3ccccc3O)c12. The summed E-state index contributed by atoms with van der Waals surface area (Å²) in [5.74, 6) is 0.0294. The first-order valence-corrected chi connectivity index (χ1v) is 12.7. The fourth-order valence-electron chi connectivity index (χ4n) is 4.20. The Hall–Kier alpha value is -4.48. The average molecular weight is 481 g/mol. The van der Waals surface area contributed by atoms with E-state index in [1.54, 1.807) is 41.1 Å². The first-order chi connectivity index (χ1) is 16.8.